The Kier molecular flexibility index (Phi) is 7.64. The Labute approximate surface area is 258 Å². The van der Waals surface area contributed by atoms with Crippen LogP contribution in [0.4, 0.5) is 10.2 Å². The maximum absolute atomic E-state index is 15.5. The minimum absolute atomic E-state index is 0.0637. The number of anilines is 1. The number of imide groups is 1. The number of hydrogen-bond donors (Lipinski definition) is 2. The Balaban J connectivity index is 1.07. The summed E-state index contributed by atoms with van der Waals surface area (Å²) in [4.78, 5) is 39.0. The number of nitrogen functional groups attached to an aromatic ring is 1. The third kappa shape index (κ3) is 5.72. The van der Waals surface area contributed by atoms with E-state index in [1.54, 1.807) is 6.07 Å². The number of piperidine rings is 2. The molecule has 1 atom stereocenters. The van der Waals surface area contributed by atoms with Crippen molar-refractivity contribution in [3.8, 4) is 22.8 Å². The van der Waals surface area contributed by atoms with Gasteiger partial charge in [-0.1, -0.05) is 18.2 Å². The van der Waals surface area contributed by atoms with Crippen LogP contribution in [0.2, 0.25) is 0 Å². The molecule has 3 N–H and O–H groups in total. The van der Waals surface area contributed by atoms with Crippen molar-refractivity contribution in [1.82, 2.24) is 34.9 Å². The molecule has 0 aliphatic carbocycles. The molecular formula is C33H31FN8O3. The summed E-state index contributed by atoms with van der Waals surface area (Å²) in [5.74, 6) is -0.258. The summed E-state index contributed by atoms with van der Waals surface area (Å²) in [7, 11) is 0. The molecule has 1 unspecified atom stereocenters. The highest BCUT2D eigenvalue weighted by Gasteiger charge is 2.32. The third-order valence-electron chi connectivity index (χ3n) is 8.49. The van der Waals surface area contributed by atoms with Gasteiger partial charge < -0.3 is 10.5 Å². The first kappa shape index (κ1) is 28.5. The van der Waals surface area contributed by atoms with Crippen molar-refractivity contribution in [2.24, 2.45) is 0 Å². The van der Waals surface area contributed by atoms with Crippen molar-refractivity contribution in [2.75, 3.05) is 18.8 Å². The number of hydrogen-bond acceptors (Lipinski definition) is 9. The summed E-state index contributed by atoms with van der Waals surface area (Å²) in [5, 5.41) is 8.00. The zero-order chi connectivity index (χ0) is 30.9. The number of halogens is 1. The van der Waals surface area contributed by atoms with Crippen LogP contribution in [-0.2, 0) is 16.1 Å². The van der Waals surface area contributed by atoms with Crippen LogP contribution in [0.3, 0.4) is 0 Å². The summed E-state index contributed by atoms with van der Waals surface area (Å²) in [6, 6.07) is 19.0. The fraction of sp³-hybridized carbons (Fsp3) is 0.273. The summed E-state index contributed by atoms with van der Waals surface area (Å²) < 4.78 is 23.4. The van der Waals surface area contributed by atoms with Gasteiger partial charge in [0.05, 0.1) is 23.0 Å². The topological polar surface area (TPSA) is 141 Å². The predicted molar refractivity (Wildman–Crippen MR) is 165 cm³/mol. The summed E-state index contributed by atoms with van der Waals surface area (Å²) >= 11 is 0. The van der Waals surface area contributed by atoms with Crippen LogP contribution in [0.1, 0.15) is 48.9 Å². The normalized spacial score (nSPS) is 17.8. The molecule has 228 valence electrons. The lowest BCUT2D eigenvalue weighted by molar-refractivity contribution is -0.134. The van der Waals surface area contributed by atoms with E-state index in [0.29, 0.717) is 53.5 Å². The Hall–Kier alpha value is -5.23. The molecule has 2 fully saturated rings. The number of pyridine rings is 1. The van der Waals surface area contributed by atoms with E-state index in [9.17, 15) is 9.59 Å². The molecule has 0 radical (unpaired) electrons. The monoisotopic (exact) mass is 606 g/mol. The number of aromatic nitrogens is 5. The SMILES string of the molecule is Nc1ncnc2c1c(-c1ccc(Oc3ccccc3)cc1)nn2C1CCN(Cc2ccnc(C3CCC(=O)NC3=O)c2F)CC1. The first-order chi connectivity index (χ1) is 21.9. The zero-order valence-electron chi connectivity index (χ0n) is 24.4. The zero-order valence-corrected chi connectivity index (χ0v) is 24.4. The van der Waals surface area contributed by atoms with Gasteiger partial charge in [0.1, 0.15) is 35.2 Å². The smallest absolute Gasteiger partial charge is 0.235 e. The van der Waals surface area contributed by atoms with E-state index in [1.807, 2.05) is 59.3 Å². The minimum Gasteiger partial charge on any atom is -0.457 e. The van der Waals surface area contributed by atoms with Gasteiger partial charge in [-0.05, 0) is 61.7 Å². The van der Waals surface area contributed by atoms with Gasteiger partial charge in [-0.3, -0.25) is 24.8 Å². The molecule has 45 heavy (non-hydrogen) atoms. The second-order valence-corrected chi connectivity index (χ2v) is 11.4. The number of para-hydroxylation sites is 1. The Bertz CT molecular complexity index is 1870. The summed E-state index contributed by atoms with van der Waals surface area (Å²) in [6.07, 6.45) is 4.96. The number of nitrogens with one attached hydrogen (secondary N) is 1. The summed E-state index contributed by atoms with van der Waals surface area (Å²) in [5.41, 5.74) is 9.19. The number of fused-ring (bicyclic) bond motifs is 1. The number of benzene rings is 2. The molecule has 0 spiro atoms. The molecule has 3 aromatic heterocycles. The number of nitrogens with zero attached hydrogens (tertiary/aromatic N) is 6. The number of rotatable bonds is 7. The molecule has 0 bridgehead atoms. The fourth-order valence-electron chi connectivity index (χ4n) is 6.14. The average Bonchev–Trinajstić information content (AvgIpc) is 3.45. The third-order valence-corrected chi connectivity index (χ3v) is 8.49. The molecule has 2 aliphatic heterocycles. The van der Waals surface area contributed by atoms with Crippen molar-refractivity contribution in [2.45, 2.75) is 44.2 Å². The highest BCUT2D eigenvalue weighted by atomic mass is 19.1. The molecule has 2 saturated heterocycles. The second kappa shape index (κ2) is 12.0. The Morgan fingerprint density at radius 2 is 1.69 bits per heavy atom. The van der Waals surface area contributed by atoms with Gasteiger partial charge in [0.2, 0.25) is 11.8 Å². The fourth-order valence-corrected chi connectivity index (χ4v) is 6.14. The number of nitrogens with two attached hydrogens (primary N) is 1. The minimum atomic E-state index is -0.766. The maximum atomic E-state index is 15.5. The first-order valence-electron chi connectivity index (χ1n) is 15.0. The molecule has 7 rings (SSSR count). The number of carbonyl (C=O) groups excluding carboxylic acids is 2. The van der Waals surface area contributed by atoms with Gasteiger partial charge in [-0.2, -0.15) is 5.10 Å². The molecular weight excluding hydrogens is 575 g/mol. The van der Waals surface area contributed by atoms with Gasteiger partial charge >= 0.3 is 0 Å². The quantitative estimate of drug-likeness (QED) is 0.251. The van der Waals surface area contributed by atoms with Gasteiger partial charge in [0.15, 0.2) is 5.65 Å². The molecule has 11 nitrogen and oxygen atoms in total. The molecule has 2 aliphatic rings. The summed E-state index contributed by atoms with van der Waals surface area (Å²) in [6.45, 7) is 1.81. The van der Waals surface area contributed by atoms with Gasteiger partial charge in [-0.15, -0.1) is 0 Å². The van der Waals surface area contributed by atoms with Crippen LogP contribution >= 0.6 is 0 Å². The van der Waals surface area contributed by atoms with Gasteiger partial charge in [0.25, 0.3) is 0 Å². The number of carbonyl (C=O) groups is 2. The Morgan fingerprint density at radius 1 is 0.933 bits per heavy atom. The largest absolute Gasteiger partial charge is 0.457 e. The predicted octanol–water partition coefficient (Wildman–Crippen LogP) is 4.76. The molecule has 5 heterocycles. The van der Waals surface area contributed by atoms with Crippen LogP contribution in [0.5, 0.6) is 11.5 Å². The number of ether oxygens (including phenoxy) is 1. The van der Waals surface area contributed by atoms with Crippen LogP contribution in [0.15, 0.2) is 73.2 Å². The van der Waals surface area contributed by atoms with E-state index in [0.717, 1.165) is 24.2 Å². The lowest BCUT2D eigenvalue weighted by Crippen LogP contribution is -2.40. The van der Waals surface area contributed by atoms with E-state index < -0.39 is 17.6 Å². The van der Waals surface area contributed by atoms with Crippen molar-refractivity contribution in [3.05, 3.63) is 90.3 Å². The Morgan fingerprint density at radius 3 is 2.44 bits per heavy atom. The van der Waals surface area contributed by atoms with Crippen LogP contribution in [0.25, 0.3) is 22.3 Å². The molecule has 5 aromatic rings. The van der Waals surface area contributed by atoms with Crippen LogP contribution in [0, 0.1) is 5.82 Å². The van der Waals surface area contributed by atoms with Crippen molar-refractivity contribution in [1.29, 1.82) is 0 Å². The molecule has 12 heteroatoms. The van der Waals surface area contributed by atoms with Crippen molar-refractivity contribution in [3.63, 3.8) is 0 Å². The maximum Gasteiger partial charge on any atom is 0.235 e. The van der Waals surface area contributed by atoms with Crippen LogP contribution < -0.4 is 15.8 Å². The lowest BCUT2D eigenvalue weighted by atomic mass is 9.93. The number of amides is 2. The van der Waals surface area contributed by atoms with E-state index in [4.69, 9.17) is 15.6 Å². The van der Waals surface area contributed by atoms with E-state index >= 15 is 4.39 Å². The highest BCUT2D eigenvalue weighted by Crippen LogP contribution is 2.36. The number of likely N-dealkylation sites (tertiary alicyclic amines) is 1. The van der Waals surface area contributed by atoms with E-state index in [-0.39, 0.29) is 30.5 Å². The van der Waals surface area contributed by atoms with E-state index in [2.05, 4.69) is 25.2 Å². The first-order valence-corrected chi connectivity index (χ1v) is 15.0. The van der Waals surface area contributed by atoms with Crippen molar-refractivity contribution < 1.29 is 18.7 Å². The van der Waals surface area contributed by atoms with Gasteiger partial charge in [0, 0.05) is 43.4 Å². The van der Waals surface area contributed by atoms with Crippen LogP contribution in [-0.4, -0.2) is 54.5 Å². The lowest BCUT2D eigenvalue weighted by Gasteiger charge is -2.32. The molecule has 2 aromatic carbocycles. The van der Waals surface area contributed by atoms with Crippen molar-refractivity contribution >= 4 is 28.7 Å². The average molecular weight is 607 g/mol. The molecule has 2 amide bonds. The molecule has 0 saturated carbocycles. The highest BCUT2D eigenvalue weighted by molar-refractivity contribution is 6.01. The van der Waals surface area contributed by atoms with E-state index in [1.165, 1.54) is 12.5 Å². The second-order valence-electron chi connectivity index (χ2n) is 11.4. The standard InChI is InChI=1S/C33H31FN8O3/c34-28-21(12-15-36-30(28)25-10-11-26(43)39-33(25)44)18-41-16-13-22(14-17-41)42-32-27(31(35)37-19-38-32)29(40-42)20-6-8-24(9-7-20)45-23-4-2-1-3-5-23/h1-9,12,15,19,22,25H,10-11,13-14,16-18H2,(H2,35,37,38)(H,39,43,44). The van der Waals surface area contributed by atoms with Gasteiger partial charge in [-0.25, -0.2) is 19.0 Å².